The SMILES string of the molecule is C#CCN(C(=O)CO)c1c(C)nc(N(C)C)nc1C. The normalized spacial score (nSPS) is 9.89. The van der Waals surface area contributed by atoms with E-state index in [4.69, 9.17) is 11.5 Å². The summed E-state index contributed by atoms with van der Waals surface area (Å²) in [5.74, 6) is 2.50. The third-order valence-electron chi connectivity index (χ3n) is 2.58. The molecule has 0 radical (unpaired) electrons. The Bertz CT molecular complexity index is 497. The number of aryl methyl sites for hydroxylation is 2. The third-order valence-corrected chi connectivity index (χ3v) is 2.58. The highest BCUT2D eigenvalue weighted by Gasteiger charge is 2.20. The van der Waals surface area contributed by atoms with E-state index in [0.717, 1.165) is 0 Å². The molecule has 102 valence electrons. The van der Waals surface area contributed by atoms with Gasteiger partial charge in [0.25, 0.3) is 5.91 Å². The molecule has 0 fully saturated rings. The summed E-state index contributed by atoms with van der Waals surface area (Å²) in [5.41, 5.74) is 1.85. The number of aliphatic hydroxyl groups excluding tert-OH is 1. The molecule has 1 aromatic rings. The summed E-state index contributed by atoms with van der Waals surface area (Å²) in [7, 11) is 3.68. The van der Waals surface area contributed by atoms with E-state index in [1.807, 2.05) is 14.1 Å². The van der Waals surface area contributed by atoms with Crippen LogP contribution in [0, 0.1) is 26.2 Å². The molecule has 1 rings (SSSR count). The van der Waals surface area contributed by atoms with Crippen LogP contribution in [0.4, 0.5) is 11.6 Å². The Morgan fingerprint density at radius 2 is 1.84 bits per heavy atom. The number of amides is 1. The van der Waals surface area contributed by atoms with E-state index in [-0.39, 0.29) is 6.54 Å². The van der Waals surface area contributed by atoms with E-state index < -0.39 is 12.5 Å². The quantitative estimate of drug-likeness (QED) is 0.780. The zero-order valence-corrected chi connectivity index (χ0v) is 11.6. The second-order valence-electron chi connectivity index (χ2n) is 4.28. The molecule has 0 unspecified atom stereocenters. The van der Waals surface area contributed by atoms with Gasteiger partial charge in [-0.15, -0.1) is 6.42 Å². The lowest BCUT2D eigenvalue weighted by Gasteiger charge is -2.23. The van der Waals surface area contributed by atoms with Crippen molar-refractivity contribution in [1.82, 2.24) is 9.97 Å². The summed E-state index contributed by atoms with van der Waals surface area (Å²) in [4.78, 5) is 23.5. The zero-order chi connectivity index (χ0) is 14.6. The van der Waals surface area contributed by atoms with Crippen LogP contribution < -0.4 is 9.80 Å². The number of aliphatic hydroxyl groups is 1. The largest absolute Gasteiger partial charge is 0.387 e. The maximum Gasteiger partial charge on any atom is 0.253 e. The maximum absolute atomic E-state index is 11.7. The van der Waals surface area contributed by atoms with Crippen LogP contribution in [-0.4, -0.2) is 48.2 Å². The van der Waals surface area contributed by atoms with Crippen LogP contribution in [0.5, 0.6) is 0 Å². The average molecular weight is 262 g/mol. The monoisotopic (exact) mass is 262 g/mol. The number of carbonyl (C=O) groups excluding carboxylic acids is 1. The molecule has 0 saturated carbocycles. The molecule has 0 aliphatic heterocycles. The van der Waals surface area contributed by atoms with Gasteiger partial charge in [0.2, 0.25) is 5.95 Å². The van der Waals surface area contributed by atoms with Crippen LogP contribution in [-0.2, 0) is 4.79 Å². The Labute approximate surface area is 113 Å². The van der Waals surface area contributed by atoms with Crippen molar-refractivity contribution in [3.05, 3.63) is 11.4 Å². The van der Waals surface area contributed by atoms with Crippen LogP contribution in [0.25, 0.3) is 0 Å². The fourth-order valence-corrected chi connectivity index (χ4v) is 1.75. The molecule has 1 amide bonds. The minimum absolute atomic E-state index is 0.0751. The number of hydrogen-bond acceptors (Lipinski definition) is 5. The van der Waals surface area contributed by atoms with Gasteiger partial charge in [-0.25, -0.2) is 9.97 Å². The minimum Gasteiger partial charge on any atom is -0.387 e. The highest BCUT2D eigenvalue weighted by molar-refractivity contribution is 5.95. The van der Waals surface area contributed by atoms with Crippen molar-refractivity contribution in [3.8, 4) is 12.3 Å². The van der Waals surface area contributed by atoms with Crippen LogP contribution >= 0.6 is 0 Å². The fraction of sp³-hybridized carbons (Fsp3) is 0.462. The summed E-state index contributed by atoms with van der Waals surface area (Å²) in [5, 5.41) is 9.01. The number of nitrogens with zero attached hydrogens (tertiary/aromatic N) is 4. The smallest absolute Gasteiger partial charge is 0.253 e. The van der Waals surface area contributed by atoms with E-state index in [2.05, 4.69) is 15.9 Å². The molecular formula is C13H18N4O2. The third kappa shape index (κ3) is 3.20. The van der Waals surface area contributed by atoms with Crippen molar-refractivity contribution in [2.45, 2.75) is 13.8 Å². The van der Waals surface area contributed by atoms with Gasteiger partial charge in [-0.2, -0.15) is 0 Å². The van der Waals surface area contributed by atoms with E-state index in [9.17, 15) is 4.79 Å². The van der Waals surface area contributed by atoms with Crippen molar-refractivity contribution in [3.63, 3.8) is 0 Å². The van der Waals surface area contributed by atoms with Crippen molar-refractivity contribution in [2.24, 2.45) is 0 Å². The second kappa shape index (κ2) is 6.16. The van der Waals surface area contributed by atoms with Gasteiger partial charge in [-0.1, -0.05) is 5.92 Å². The first-order valence-corrected chi connectivity index (χ1v) is 5.79. The molecule has 19 heavy (non-hydrogen) atoms. The number of terminal acetylenes is 1. The molecule has 1 heterocycles. The lowest BCUT2D eigenvalue weighted by atomic mass is 10.2. The fourth-order valence-electron chi connectivity index (χ4n) is 1.75. The lowest BCUT2D eigenvalue weighted by molar-refractivity contribution is -0.121. The summed E-state index contributed by atoms with van der Waals surface area (Å²) >= 11 is 0. The molecule has 0 spiro atoms. The van der Waals surface area contributed by atoms with Crippen LogP contribution in [0.2, 0.25) is 0 Å². The van der Waals surface area contributed by atoms with Gasteiger partial charge in [0.1, 0.15) is 6.61 Å². The Morgan fingerprint density at radius 1 is 1.32 bits per heavy atom. The minimum atomic E-state index is -0.601. The van der Waals surface area contributed by atoms with E-state index in [1.165, 1.54) is 4.90 Å². The van der Waals surface area contributed by atoms with Crippen LogP contribution in [0.3, 0.4) is 0 Å². The first-order chi connectivity index (χ1) is 8.92. The van der Waals surface area contributed by atoms with Gasteiger partial charge in [0.05, 0.1) is 23.6 Å². The van der Waals surface area contributed by atoms with Crippen LogP contribution in [0.1, 0.15) is 11.4 Å². The van der Waals surface area contributed by atoms with Crippen molar-refractivity contribution < 1.29 is 9.90 Å². The molecule has 0 aliphatic rings. The molecule has 6 nitrogen and oxygen atoms in total. The first kappa shape index (κ1) is 14.9. The van der Waals surface area contributed by atoms with Gasteiger partial charge in [-0.05, 0) is 13.8 Å². The highest BCUT2D eigenvalue weighted by atomic mass is 16.3. The van der Waals surface area contributed by atoms with E-state index in [0.29, 0.717) is 23.0 Å². The van der Waals surface area contributed by atoms with E-state index in [1.54, 1.807) is 18.7 Å². The molecule has 6 heteroatoms. The van der Waals surface area contributed by atoms with Gasteiger partial charge < -0.3 is 10.0 Å². The summed E-state index contributed by atoms with van der Waals surface area (Å²) in [6, 6.07) is 0. The summed E-state index contributed by atoms with van der Waals surface area (Å²) < 4.78 is 0. The Hall–Kier alpha value is -2.13. The van der Waals surface area contributed by atoms with E-state index >= 15 is 0 Å². The lowest BCUT2D eigenvalue weighted by Crippen LogP contribution is -2.35. The summed E-state index contributed by atoms with van der Waals surface area (Å²) in [6.45, 7) is 3.04. The Kier molecular flexibility index (Phi) is 4.84. The van der Waals surface area contributed by atoms with Crippen molar-refractivity contribution >= 4 is 17.5 Å². The number of aromatic nitrogens is 2. The average Bonchev–Trinajstić information content (AvgIpc) is 2.35. The summed E-state index contributed by atoms with van der Waals surface area (Å²) in [6.07, 6.45) is 5.26. The zero-order valence-electron chi connectivity index (χ0n) is 11.6. The topological polar surface area (TPSA) is 69.6 Å². The van der Waals surface area contributed by atoms with Gasteiger partial charge in [0, 0.05) is 14.1 Å². The molecule has 0 aliphatic carbocycles. The molecule has 0 bridgehead atoms. The first-order valence-electron chi connectivity index (χ1n) is 5.79. The van der Waals surface area contributed by atoms with Gasteiger partial charge in [-0.3, -0.25) is 9.69 Å². The van der Waals surface area contributed by atoms with Crippen molar-refractivity contribution in [2.75, 3.05) is 37.0 Å². The molecule has 0 saturated heterocycles. The number of rotatable bonds is 4. The number of carbonyl (C=O) groups is 1. The predicted octanol–water partition coefficient (Wildman–Crippen LogP) is 0.118. The standard InChI is InChI=1S/C13H18N4O2/c1-6-7-17(11(19)8-18)12-9(2)14-13(16(4)5)15-10(12)3/h1,18H,7-8H2,2-5H3. The Morgan fingerprint density at radius 3 is 2.21 bits per heavy atom. The molecular weight excluding hydrogens is 244 g/mol. The second-order valence-corrected chi connectivity index (χ2v) is 4.28. The highest BCUT2D eigenvalue weighted by Crippen LogP contribution is 2.24. The molecule has 1 N–H and O–H groups in total. The van der Waals surface area contributed by atoms with Crippen LogP contribution in [0.15, 0.2) is 0 Å². The maximum atomic E-state index is 11.7. The van der Waals surface area contributed by atoms with Gasteiger partial charge >= 0.3 is 0 Å². The molecule has 0 atom stereocenters. The van der Waals surface area contributed by atoms with Gasteiger partial charge in [0.15, 0.2) is 0 Å². The molecule has 0 aromatic carbocycles. The molecule has 1 aromatic heterocycles. The number of hydrogen-bond donors (Lipinski definition) is 1. The predicted molar refractivity (Wildman–Crippen MR) is 74.1 cm³/mol. The Balaban J connectivity index is 3.32. The van der Waals surface area contributed by atoms with Crippen molar-refractivity contribution in [1.29, 1.82) is 0 Å². The number of anilines is 2.